The smallest absolute Gasteiger partial charge is 0.321 e. The number of halogens is 3. The van der Waals surface area contributed by atoms with Gasteiger partial charge in [0.15, 0.2) is 0 Å². The van der Waals surface area contributed by atoms with Gasteiger partial charge in [-0.1, -0.05) is 6.92 Å². The largest absolute Gasteiger partial charge is 0.395 e. The number of carbonyl (C=O) groups excluding carboxylic acids is 1. The Morgan fingerprint density at radius 3 is 2.73 bits per heavy atom. The number of nitrogens with zero attached hydrogens (tertiary/aromatic N) is 1. The number of hydrogen-bond donors (Lipinski definition) is 2. The van der Waals surface area contributed by atoms with Crippen LogP contribution >= 0.6 is 11.8 Å². The van der Waals surface area contributed by atoms with E-state index < -0.39 is 24.0 Å². The molecule has 2 N–H and O–H groups in total. The summed E-state index contributed by atoms with van der Waals surface area (Å²) in [6, 6.07) is 3.10. The summed E-state index contributed by atoms with van der Waals surface area (Å²) in [5.41, 5.74) is 0.148. The predicted molar refractivity (Wildman–Crippen MR) is 81.1 cm³/mol. The van der Waals surface area contributed by atoms with Crippen molar-refractivity contribution in [1.82, 2.24) is 4.90 Å². The molecule has 22 heavy (non-hydrogen) atoms. The number of amides is 2. The van der Waals surface area contributed by atoms with E-state index in [0.29, 0.717) is 17.9 Å². The van der Waals surface area contributed by atoms with Crippen LogP contribution in [-0.4, -0.2) is 47.9 Å². The number of rotatable bonds is 8. The fourth-order valence-corrected chi connectivity index (χ4v) is 2.51. The minimum absolute atomic E-state index is 0.147. The van der Waals surface area contributed by atoms with Crippen LogP contribution in [0.5, 0.6) is 0 Å². The summed E-state index contributed by atoms with van der Waals surface area (Å²) in [4.78, 5) is 13.9. The molecule has 2 amide bonds. The molecule has 0 aliphatic heterocycles. The van der Waals surface area contributed by atoms with Gasteiger partial charge >= 0.3 is 6.03 Å². The highest BCUT2D eigenvalue weighted by molar-refractivity contribution is 7.99. The summed E-state index contributed by atoms with van der Waals surface area (Å²) in [6.07, 6.45) is -1.80. The van der Waals surface area contributed by atoms with Gasteiger partial charge in [-0.3, -0.25) is 0 Å². The van der Waals surface area contributed by atoms with Crippen LogP contribution in [0.3, 0.4) is 0 Å². The van der Waals surface area contributed by atoms with Gasteiger partial charge < -0.3 is 15.3 Å². The van der Waals surface area contributed by atoms with Crippen LogP contribution in [0.2, 0.25) is 0 Å². The topological polar surface area (TPSA) is 52.6 Å². The van der Waals surface area contributed by atoms with Crippen molar-refractivity contribution in [2.24, 2.45) is 0 Å². The average molecular weight is 336 g/mol. The summed E-state index contributed by atoms with van der Waals surface area (Å²) in [5.74, 6) is -1.01. The number of anilines is 1. The fourth-order valence-electron chi connectivity index (χ4n) is 1.78. The molecule has 0 bridgehead atoms. The van der Waals surface area contributed by atoms with Crippen molar-refractivity contribution in [3.8, 4) is 0 Å². The average Bonchev–Trinajstić information content (AvgIpc) is 2.46. The second-order valence-corrected chi connectivity index (χ2v) is 5.55. The second kappa shape index (κ2) is 9.58. The quantitative estimate of drug-likeness (QED) is 0.715. The Kier molecular flexibility index (Phi) is 8.11. The summed E-state index contributed by atoms with van der Waals surface area (Å²) in [6.45, 7) is 2.27. The molecule has 0 unspecified atom stereocenters. The Balaban J connectivity index is 2.85. The highest BCUT2D eigenvalue weighted by Gasteiger charge is 2.15. The number of benzene rings is 1. The summed E-state index contributed by atoms with van der Waals surface area (Å²) in [5, 5.41) is 11.5. The van der Waals surface area contributed by atoms with Crippen molar-refractivity contribution in [3.63, 3.8) is 0 Å². The van der Waals surface area contributed by atoms with E-state index in [1.54, 1.807) is 0 Å². The molecule has 1 aromatic rings. The third kappa shape index (κ3) is 6.15. The Bertz CT molecular complexity index is 483. The maximum absolute atomic E-state index is 13.3. The third-order valence-corrected chi connectivity index (χ3v) is 3.78. The molecule has 1 aromatic carbocycles. The molecule has 1 rings (SSSR count). The third-order valence-electron chi connectivity index (χ3n) is 2.70. The lowest BCUT2D eigenvalue weighted by Gasteiger charge is -2.22. The number of thioether (sulfide) groups is 1. The summed E-state index contributed by atoms with van der Waals surface area (Å²) in [7, 11) is 0. The monoisotopic (exact) mass is 336 g/mol. The first kappa shape index (κ1) is 18.6. The first-order valence-electron chi connectivity index (χ1n) is 6.85. The molecule has 0 atom stereocenters. The molecule has 4 nitrogen and oxygen atoms in total. The molecular weight excluding hydrogens is 317 g/mol. The minimum Gasteiger partial charge on any atom is -0.395 e. The van der Waals surface area contributed by atoms with E-state index in [-0.39, 0.29) is 18.8 Å². The second-order valence-electron chi connectivity index (χ2n) is 4.48. The van der Waals surface area contributed by atoms with Gasteiger partial charge in [0.25, 0.3) is 0 Å². The van der Waals surface area contributed by atoms with E-state index in [1.165, 1.54) is 11.0 Å². The van der Waals surface area contributed by atoms with Crippen LogP contribution < -0.4 is 5.32 Å². The van der Waals surface area contributed by atoms with Crippen molar-refractivity contribution < 1.29 is 23.1 Å². The van der Waals surface area contributed by atoms with Crippen LogP contribution in [0.4, 0.5) is 23.7 Å². The molecule has 0 aromatic heterocycles. The van der Waals surface area contributed by atoms with Crippen LogP contribution in [0.1, 0.15) is 13.3 Å². The van der Waals surface area contributed by atoms with Crippen LogP contribution in [-0.2, 0) is 0 Å². The van der Waals surface area contributed by atoms with Gasteiger partial charge in [-0.25, -0.2) is 18.0 Å². The van der Waals surface area contributed by atoms with Crippen LogP contribution in [0.15, 0.2) is 23.1 Å². The Labute approximate surface area is 131 Å². The number of nitrogens with one attached hydrogen (secondary N) is 1. The maximum Gasteiger partial charge on any atom is 0.321 e. The molecule has 0 aliphatic carbocycles. The van der Waals surface area contributed by atoms with Gasteiger partial charge in [-0.15, -0.1) is 11.8 Å². The number of carbonyl (C=O) groups is 1. The first-order chi connectivity index (χ1) is 10.5. The molecular formula is C14H19F3N2O2S. The normalized spacial score (nSPS) is 10.8. The Morgan fingerprint density at radius 1 is 1.41 bits per heavy atom. The zero-order valence-electron chi connectivity index (χ0n) is 12.2. The zero-order chi connectivity index (χ0) is 16.5. The number of urea groups is 1. The standard InChI is InChI=1S/C14H19F3N2O2S/c1-2-5-19(6-7-20)14(21)18-11-8-10(15)3-4-12(11)22-9-13(16)17/h3-4,8,13,20H,2,5-7,9H2,1H3,(H,18,21). The lowest BCUT2D eigenvalue weighted by atomic mass is 10.3. The van der Waals surface area contributed by atoms with Gasteiger partial charge in [0.05, 0.1) is 18.0 Å². The number of aliphatic hydroxyl groups is 1. The Hall–Kier alpha value is -1.41. The molecule has 0 heterocycles. The van der Waals surface area contributed by atoms with E-state index in [9.17, 15) is 18.0 Å². The fraction of sp³-hybridized carbons (Fsp3) is 0.500. The van der Waals surface area contributed by atoms with Crippen molar-refractivity contribution in [2.75, 3.05) is 30.8 Å². The van der Waals surface area contributed by atoms with Gasteiger partial charge in [0, 0.05) is 18.0 Å². The molecule has 0 saturated carbocycles. The number of alkyl halides is 2. The van der Waals surface area contributed by atoms with Gasteiger partial charge in [-0.05, 0) is 24.6 Å². The summed E-state index contributed by atoms with van der Waals surface area (Å²) >= 11 is 0.845. The molecule has 0 saturated heterocycles. The lowest BCUT2D eigenvalue weighted by Crippen LogP contribution is -2.37. The van der Waals surface area contributed by atoms with E-state index in [0.717, 1.165) is 23.9 Å². The van der Waals surface area contributed by atoms with Crippen molar-refractivity contribution in [2.45, 2.75) is 24.7 Å². The SMILES string of the molecule is CCCN(CCO)C(=O)Nc1cc(F)ccc1SCC(F)F. The molecule has 124 valence electrons. The summed E-state index contributed by atoms with van der Waals surface area (Å²) < 4.78 is 37.9. The maximum atomic E-state index is 13.3. The number of aliphatic hydroxyl groups excluding tert-OH is 1. The molecule has 8 heteroatoms. The van der Waals surface area contributed by atoms with Crippen LogP contribution in [0.25, 0.3) is 0 Å². The highest BCUT2D eigenvalue weighted by atomic mass is 32.2. The molecule has 0 aliphatic rings. The molecule has 0 fully saturated rings. The first-order valence-corrected chi connectivity index (χ1v) is 7.83. The van der Waals surface area contributed by atoms with Gasteiger partial charge in [0.1, 0.15) is 5.82 Å². The van der Waals surface area contributed by atoms with Crippen LogP contribution in [0, 0.1) is 5.82 Å². The Morgan fingerprint density at radius 2 is 2.14 bits per heavy atom. The van der Waals surface area contributed by atoms with Crippen molar-refractivity contribution in [1.29, 1.82) is 0 Å². The zero-order valence-corrected chi connectivity index (χ0v) is 13.0. The van der Waals surface area contributed by atoms with E-state index in [1.807, 2.05) is 6.92 Å². The van der Waals surface area contributed by atoms with E-state index in [2.05, 4.69) is 5.32 Å². The molecule has 0 radical (unpaired) electrons. The van der Waals surface area contributed by atoms with Gasteiger partial charge in [0.2, 0.25) is 6.43 Å². The minimum atomic E-state index is -2.50. The van der Waals surface area contributed by atoms with E-state index in [4.69, 9.17) is 5.11 Å². The van der Waals surface area contributed by atoms with E-state index >= 15 is 0 Å². The molecule has 0 spiro atoms. The highest BCUT2D eigenvalue weighted by Crippen LogP contribution is 2.29. The van der Waals surface area contributed by atoms with Crippen molar-refractivity contribution >= 4 is 23.5 Å². The number of hydrogen-bond acceptors (Lipinski definition) is 3. The van der Waals surface area contributed by atoms with Crippen molar-refractivity contribution in [3.05, 3.63) is 24.0 Å². The van der Waals surface area contributed by atoms with Gasteiger partial charge in [-0.2, -0.15) is 0 Å². The predicted octanol–water partition coefficient (Wildman–Crippen LogP) is 3.42. The lowest BCUT2D eigenvalue weighted by molar-refractivity contribution is 0.177.